The molecule has 0 aromatic heterocycles. The molecule has 340 valence electrons. The number of hydrogen-bond acceptors (Lipinski definition) is 11. The largest absolute Gasteiger partial charge is 0.461 e. The zero-order valence-corrected chi connectivity index (χ0v) is 38.6. The van der Waals surface area contributed by atoms with E-state index in [4.69, 9.17) is 20.1 Å². The Morgan fingerprint density at radius 1 is 0.814 bits per heavy atom. The van der Waals surface area contributed by atoms with Crippen LogP contribution in [0.5, 0.6) is 0 Å². The molecule has 0 spiro atoms. The fraction of sp³-hybridized carbons (Fsp3) is 0.896. The average molecular weight is 831 g/mol. The van der Waals surface area contributed by atoms with Gasteiger partial charge in [0.1, 0.15) is 24.4 Å². The second-order valence-electron chi connectivity index (χ2n) is 20.6. The minimum atomic E-state index is -0.500. The van der Waals surface area contributed by atoms with Crippen LogP contribution in [0.1, 0.15) is 133 Å². The lowest BCUT2D eigenvalue weighted by atomic mass is 9.45. The number of ether oxygens (including phenoxy) is 1. The highest BCUT2D eigenvalue weighted by molar-refractivity contribution is 5.79. The number of carbonyl (C=O) groups excluding carboxylic acids is 1. The molecule has 0 aromatic rings. The van der Waals surface area contributed by atoms with Crippen LogP contribution >= 0.6 is 0 Å². The second kappa shape index (κ2) is 21.3. The Balaban J connectivity index is 0.000000187. The second-order valence-corrected chi connectivity index (χ2v) is 20.6. The quantitative estimate of drug-likeness (QED) is 0.0647. The first kappa shape index (κ1) is 48.6. The van der Waals surface area contributed by atoms with E-state index in [2.05, 4.69) is 85.0 Å². The standard InChI is InChI=1S/C24H44N2O3.C14H23NO4.C10H19N/c1-6-7-8-9-10-11-26-21(23(17(3)28)22(15-27)29-26)14-25-20-13-18-12-19(16(20)2)24(18,4)5;1-3-4-5-6-7-8-15-13-12(11(9-16)19-15)10(2)18-14(13)17;1-6-8-4-7(5-9(6)11)10(8,2)3/h7-8,16-23,25,27-28H,6,9-15H2,1-5H3;4-5,10-13,16H,3,6-9H2,1-2H3;6-9H,4-5,11H2,1-3H3/b8-7-;5-4-;/t16-,17-,18+,19-,20-,21+,22-,23-;10-,11-,12+,13-;6-,7+,8-,9-/m000/s1. The first-order chi connectivity index (χ1) is 28.0. The maximum atomic E-state index is 11.8. The third-order valence-electron chi connectivity index (χ3n) is 16.6. The first-order valence-corrected chi connectivity index (χ1v) is 23.8. The topological polar surface area (TPSA) is 150 Å². The van der Waals surface area contributed by atoms with Crippen molar-refractivity contribution < 1.29 is 34.5 Å². The van der Waals surface area contributed by atoms with Crippen molar-refractivity contribution in [2.24, 2.45) is 63.9 Å². The normalized spacial score (nSPS) is 41.1. The number of carbonyl (C=O) groups is 1. The van der Waals surface area contributed by atoms with Crippen molar-refractivity contribution in [3.63, 3.8) is 0 Å². The van der Waals surface area contributed by atoms with Gasteiger partial charge < -0.3 is 31.1 Å². The molecule has 59 heavy (non-hydrogen) atoms. The van der Waals surface area contributed by atoms with Crippen molar-refractivity contribution in [3.8, 4) is 0 Å². The zero-order valence-electron chi connectivity index (χ0n) is 38.6. The van der Waals surface area contributed by atoms with Gasteiger partial charge in [-0.2, -0.15) is 10.1 Å². The van der Waals surface area contributed by atoms with Crippen LogP contribution in [-0.2, 0) is 19.2 Å². The number of esters is 1. The van der Waals surface area contributed by atoms with Gasteiger partial charge in [-0.15, -0.1) is 0 Å². The number of aliphatic hydroxyl groups is 3. The molecular formula is C48H86N4O7. The highest BCUT2D eigenvalue weighted by atomic mass is 16.7. The van der Waals surface area contributed by atoms with Crippen molar-refractivity contribution in [1.82, 2.24) is 15.4 Å². The number of aliphatic hydroxyl groups excluding tert-OH is 3. The highest BCUT2D eigenvalue weighted by Crippen LogP contribution is 2.62. The van der Waals surface area contributed by atoms with E-state index >= 15 is 0 Å². The van der Waals surface area contributed by atoms with Crippen LogP contribution in [0.15, 0.2) is 24.3 Å². The Labute approximate surface area is 358 Å². The summed E-state index contributed by atoms with van der Waals surface area (Å²) >= 11 is 0. The van der Waals surface area contributed by atoms with Crippen LogP contribution in [0.25, 0.3) is 0 Å². The predicted molar refractivity (Wildman–Crippen MR) is 235 cm³/mol. The SMILES string of the molecule is CC/C=C\CCCN1O[C@@H](CO)[C@@H]([C@H](C)O)[C@H]1CN[C@H]1C[C@H]2C[C@@H]([C@@H]1C)C2(C)C.CC/C=C\CCCN1O[C@@H](CO)[C@H]2[C@H](C)OC(=O)[C@H]21.C[C@@H]1[C@@H](N)C[C@H]2C[C@@H]1C2(C)C. The molecule has 11 nitrogen and oxygen atoms in total. The van der Waals surface area contributed by atoms with E-state index in [0.29, 0.717) is 35.4 Å². The van der Waals surface area contributed by atoms with Crippen LogP contribution in [0.4, 0.5) is 0 Å². The molecule has 9 fully saturated rings. The lowest BCUT2D eigenvalue weighted by molar-refractivity contribution is -0.191. The number of hydrogen-bond donors (Lipinski definition) is 5. The van der Waals surface area contributed by atoms with Gasteiger partial charge in [-0.1, -0.05) is 79.7 Å². The zero-order chi connectivity index (χ0) is 43.2. The molecule has 6 aliphatic carbocycles. The van der Waals surface area contributed by atoms with E-state index < -0.39 is 6.10 Å². The molecule has 4 bridgehead atoms. The van der Waals surface area contributed by atoms with Gasteiger partial charge in [0.2, 0.25) is 0 Å². The summed E-state index contributed by atoms with van der Waals surface area (Å²) in [4.78, 5) is 23.6. The lowest BCUT2D eigenvalue weighted by Crippen LogP contribution is -2.61. The summed E-state index contributed by atoms with van der Waals surface area (Å²) in [5, 5.41) is 37.2. The summed E-state index contributed by atoms with van der Waals surface area (Å²) in [5.41, 5.74) is 7.12. The van der Waals surface area contributed by atoms with Crippen LogP contribution in [0, 0.1) is 58.2 Å². The third-order valence-corrected chi connectivity index (χ3v) is 16.6. The molecule has 3 saturated heterocycles. The van der Waals surface area contributed by atoms with E-state index in [0.717, 1.165) is 81.2 Å². The number of rotatable bonds is 16. The van der Waals surface area contributed by atoms with E-state index in [1.807, 2.05) is 18.9 Å². The number of cyclic esters (lactones) is 1. The number of fused-ring (bicyclic) bond motifs is 5. The minimum Gasteiger partial charge on any atom is -0.461 e. The summed E-state index contributed by atoms with van der Waals surface area (Å²) < 4.78 is 5.25. The van der Waals surface area contributed by atoms with Crippen molar-refractivity contribution in [1.29, 1.82) is 0 Å². The molecule has 11 heteroatoms. The summed E-state index contributed by atoms with van der Waals surface area (Å²) in [7, 11) is 0. The molecule has 0 radical (unpaired) electrons. The van der Waals surface area contributed by atoms with E-state index in [1.54, 1.807) is 5.06 Å². The van der Waals surface area contributed by atoms with Crippen LogP contribution < -0.4 is 11.1 Å². The number of hydroxylamine groups is 4. The number of nitrogens with one attached hydrogen (secondary N) is 1. The monoisotopic (exact) mass is 831 g/mol. The van der Waals surface area contributed by atoms with Gasteiger partial charge in [-0.25, -0.2) is 0 Å². The molecule has 3 aliphatic heterocycles. The maximum Gasteiger partial charge on any atom is 0.326 e. The molecule has 6 saturated carbocycles. The molecule has 16 atom stereocenters. The Bertz CT molecular complexity index is 1370. The van der Waals surface area contributed by atoms with Gasteiger partial charge in [0.25, 0.3) is 0 Å². The Morgan fingerprint density at radius 3 is 1.85 bits per heavy atom. The molecule has 9 aliphatic rings. The van der Waals surface area contributed by atoms with E-state index in [1.165, 1.54) is 25.7 Å². The third kappa shape index (κ3) is 10.7. The van der Waals surface area contributed by atoms with Crippen molar-refractivity contribution in [2.75, 3.05) is 32.8 Å². The molecule has 0 amide bonds. The molecule has 6 N–H and O–H groups in total. The Kier molecular flexibility index (Phi) is 17.6. The summed E-state index contributed by atoms with van der Waals surface area (Å²) in [6.45, 7) is 24.6. The van der Waals surface area contributed by atoms with E-state index in [9.17, 15) is 20.1 Å². The highest BCUT2D eigenvalue weighted by Gasteiger charge is 2.58. The maximum absolute atomic E-state index is 11.8. The van der Waals surface area contributed by atoms with Gasteiger partial charge in [0.15, 0.2) is 0 Å². The molecule has 3 heterocycles. The van der Waals surface area contributed by atoms with Gasteiger partial charge in [-0.05, 0) is 124 Å². The van der Waals surface area contributed by atoms with Gasteiger partial charge in [0, 0.05) is 37.6 Å². The van der Waals surface area contributed by atoms with E-state index in [-0.39, 0.29) is 61.4 Å². The number of nitrogens with zero attached hydrogens (tertiary/aromatic N) is 2. The van der Waals surface area contributed by atoms with Crippen LogP contribution in [0.2, 0.25) is 0 Å². The minimum absolute atomic E-state index is 0.0452. The van der Waals surface area contributed by atoms with Gasteiger partial charge in [0.05, 0.1) is 31.3 Å². The molecule has 0 unspecified atom stereocenters. The van der Waals surface area contributed by atoms with Crippen molar-refractivity contribution >= 4 is 5.97 Å². The van der Waals surface area contributed by atoms with Gasteiger partial charge >= 0.3 is 5.97 Å². The molecule has 0 aromatic carbocycles. The van der Waals surface area contributed by atoms with Crippen LogP contribution in [-0.4, -0.2) is 113 Å². The smallest absolute Gasteiger partial charge is 0.326 e. The van der Waals surface area contributed by atoms with Crippen LogP contribution in [0.3, 0.4) is 0 Å². The molecular weight excluding hydrogens is 745 g/mol. The summed E-state index contributed by atoms with van der Waals surface area (Å²) in [6.07, 6.45) is 18.8. The first-order valence-electron chi connectivity index (χ1n) is 23.8. The predicted octanol–water partition coefficient (Wildman–Crippen LogP) is 6.65. The Hall–Kier alpha value is -1.41. The summed E-state index contributed by atoms with van der Waals surface area (Å²) in [6, 6.07) is 0.791. The fourth-order valence-electron chi connectivity index (χ4n) is 12.4. The summed E-state index contributed by atoms with van der Waals surface area (Å²) in [5.74, 6) is 4.59. The number of unbranched alkanes of at least 4 members (excludes halogenated alkanes) is 2. The van der Waals surface area contributed by atoms with Crippen molar-refractivity contribution in [3.05, 3.63) is 24.3 Å². The Morgan fingerprint density at radius 2 is 1.36 bits per heavy atom. The number of nitrogens with two attached hydrogens (primary N) is 1. The average Bonchev–Trinajstić information content (AvgIpc) is 3.85. The number of allylic oxidation sites excluding steroid dienone is 4. The van der Waals surface area contributed by atoms with Gasteiger partial charge in [-0.3, -0.25) is 14.5 Å². The fourth-order valence-corrected chi connectivity index (χ4v) is 12.4. The lowest BCUT2D eigenvalue weighted by Gasteiger charge is -2.62. The van der Waals surface area contributed by atoms with Crippen molar-refractivity contribution in [2.45, 2.75) is 182 Å². The molecule has 9 rings (SSSR count).